The van der Waals surface area contributed by atoms with Gasteiger partial charge in [-0.1, -0.05) is 39.0 Å². The molecule has 4 N–H and O–H groups in total. The van der Waals surface area contributed by atoms with Crippen molar-refractivity contribution in [1.82, 2.24) is 20.2 Å². The van der Waals surface area contributed by atoms with Crippen LogP contribution in [-0.4, -0.2) is 48.4 Å². The number of benzene rings is 2. The Morgan fingerprint density at radius 3 is 2.46 bits per heavy atom. The van der Waals surface area contributed by atoms with Gasteiger partial charge in [0, 0.05) is 22.3 Å². The minimum atomic E-state index is -3.74. The van der Waals surface area contributed by atoms with Gasteiger partial charge in [0.15, 0.2) is 0 Å². The number of nitrogens with zero attached hydrogens (tertiary/aromatic N) is 1. The van der Waals surface area contributed by atoms with Crippen molar-refractivity contribution in [2.24, 2.45) is 0 Å². The summed E-state index contributed by atoms with van der Waals surface area (Å²) in [6.07, 6.45) is 5.92. The molecule has 0 spiro atoms. The molecule has 1 aliphatic carbocycles. The zero-order valence-electron chi connectivity index (χ0n) is 20.8. The highest BCUT2D eigenvalue weighted by atomic mass is 32.2. The van der Waals surface area contributed by atoms with Crippen molar-refractivity contribution in [2.45, 2.75) is 37.9 Å². The van der Waals surface area contributed by atoms with Gasteiger partial charge in [-0.15, -0.1) is 0 Å². The lowest BCUT2D eigenvalue weighted by Gasteiger charge is -2.32. The molecule has 0 aliphatic heterocycles. The molecule has 0 bridgehead atoms. The Morgan fingerprint density at radius 2 is 1.81 bits per heavy atom. The van der Waals surface area contributed by atoms with Crippen molar-refractivity contribution in [2.75, 3.05) is 11.6 Å². The summed E-state index contributed by atoms with van der Waals surface area (Å²) in [6.45, 7) is 6.14. The molecule has 1 heterocycles. The van der Waals surface area contributed by atoms with Gasteiger partial charge < -0.3 is 10.6 Å². The second-order valence-corrected chi connectivity index (χ2v) is 11.8. The molecular weight excluding hydrogens is 497 g/mol. The van der Waals surface area contributed by atoms with E-state index in [0.717, 1.165) is 23.3 Å². The number of aromatic amines is 1. The number of aromatic nitrogens is 2. The van der Waals surface area contributed by atoms with E-state index in [-0.39, 0.29) is 16.7 Å². The number of fused-ring (bicyclic) bond motifs is 1. The van der Waals surface area contributed by atoms with Gasteiger partial charge in [0.25, 0.3) is 11.8 Å². The van der Waals surface area contributed by atoms with E-state index in [9.17, 15) is 18.0 Å². The van der Waals surface area contributed by atoms with Gasteiger partial charge in [0.1, 0.15) is 0 Å². The molecule has 1 aliphatic rings. The van der Waals surface area contributed by atoms with Crippen molar-refractivity contribution in [1.29, 1.82) is 0 Å². The van der Waals surface area contributed by atoms with Crippen LogP contribution in [0.2, 0.25) is 0 Å². The Morgan fingerprint density at radius 1 is 1.11 bits per heavy atom. The van der Waals surface area contributed by atoms with Crippen LogP contribution in [0.3, 0.4) is 0 Å². The van der Waals surface area contributed by atoms with Crippen molar-refractivity contribution in [3.63, 3.8) is 0 Å². The number of amides is 2. The molecule has 2 atom stereocenters. The maximum atomic E-state index is 16.5. The van der Waals surface area contributed by atoms with E-state index in [0.29, 0.717) is 11.2 Å². The number of carbonyl (C=O) groups excluding carboxylic acids is 2. The molecule has 2 aromatic carbocycles. The molecule has 0 radical (unpaired) electrons. The molecule has 9 nitrogen and oxygen atoms in total. The number of allylic oxidation sites excluding steroid dienone is 1. The normalized spacial score (nSPS) is 19.8. The van der Waals surface area contributed by atoms with Crippen LogP contribution in [0, 0.1) is 0 Å². The maximum Gasteiger partial charge on any atom is 0.268 e. The highest BCUT2D eigenvalue weighted by molar-refractivity contribution is 7.88. The number of hydrogen-bond acceptors (Lipinski definition) is 5. The minimum Gasteiger partial charge on any atom is -0.342 e. The summed E-state index contributed by atoms with van der Waals surface area (Å²) in [5.41, 5.74) is -0.821. The van der Waals surface area contributed by atoms with E-state index < -0.39 is 33.5 Å². The summed E-state index contributed by atoms with van der Waals surface area (Å²) >= 11 is 0. The van der Waals surface area contributed by atoms with Crippen LogP contribution < -0.4 is 15.4 Å². The molecule has 2 unspecified atom stereocenters. The summed E-state index contributed by atoms with van der Waals surface area (Å²) in [6, 6.07) is 10.4. The predicted octanol–water partition coefficient (Wildman–Crippen LogP) is 3.31. The van der Waals surface area contributed by atoms with Gasteiger partial charge >= 0.3 is 0 Å². The number of nitrogens with one attached hydrogen (secondary N) is 4. The molecule has 3 aromatic rings. The lowest BCUT2D eigenvalue weighted by molar-refractivity contribution is -0.125. The summed E-state index contributed by atoms with van der Waals surface area (Å²) < 4.78 is 42.1. The van der Waals surface area contributed by atoms with Crippen LogP contribution in [-0.2, 0) is 20.2 Å². The first-order chi connectivity index (χ1) is 17.2. The first-order valence-electron chi connectivity index (χ1n) is 11.5. The number of carbonyl (C=O) groups is 2. The average molecular weight is 526 g/mol. The van der Waals surface area contributed by atoms with Crippen LogP contribution in [0.5, 0.6) is 0 Å². The Balaban J connectivity index is 1.61. The fourth-order valence-electron chi connectivity index (χ4n) is 3.93. The van der Waals surface area contributed by atoms with Gasteiger partial charge in [0.2, 0.25) is 15.7 Å². The summed E-state index contributed by atoms with van der Waals surface area (Å²) in [7, 11) is -3.74. The third-order valence-electron chi connectivity index (χ3n) is 5.94. The standard InChI is InChI=1S/C26H28FN5O4S/c1-25(2,3)18-8-5-16(6-9-18)23(33)30-22-12-11-20(32-37(4,35)36)14-26(22,27)24(34)29-19-10-7-17-15-28-31-21(17)13-19/h5-15,22,32H,1-4H3,(H,28,31)(H,29,34)(H,30,33). The van der Waals surface area contributed by atoms with Crippen molar-refractivity contribution < 1.29 is 22.4 Å². The first kappa shape index (κ1) is 26.1. The van der Waals surface area contributed by atoms with Gasteiger partial charge in [0.05, 0.1) is 24.0 Å². The Bertz CT molecular complexity index is 1520. The minimum absolute atomic E-state index is 0.111. The Kier molecular flexibility index (Phi) is 6.68. The zero-order chi connectivity index (χ0) is 27.0. The monoisotopic (exact) mass is 525 g/mol. The van der Waals surface area contributed by atoms with Crippen LogP contribution >= 0.6 is 0 Å². The first-order valence-corrected chi connectivity index (χ1v) is 13.4. The van der Waals surface area contributed by atoms with Crippen molar-refractivity contribution >= 4 is 38.4 Å². The summed E-state index contributed by atoms with van der Waals surface area (Å²) in [5, 5.41) is 12.6. The lowest BCUT2D eigenvalue weighted by atomic mass is 9.86. The second kappa shape index (κ2) is 9.47. The molecule has 0 saturated heterocycles. The van der Waals surface area contributed by atoms with Crippen LogP contribution in [0.25, 0.3) is 10.9 Å². The van der Waals surface area contributed by atoms with E-state index in [1.165, 1.54) is 12.2 Å². The Hall–Kier alpha value is -3.99. The molecule has 0 fully saturated rings. The summed E-state index contributed by atoms with van der Waals surface area (Å²) in [4.78, 5) is 26.2. The largest absolute Gasteiger partial charge is 0.342 e. The number of alkyl halides is 1. The van der Waals surface area contributed by atoms with E-state index in [1.807, 2.05) is 32.9 Å². The molecule has 37 heavy (non-hydrogen) atoms. The van der Waals surface area contributed by atoms with Crippen LogP contribution in [0.15, 0.2) is 72.6 Å². The zero-order valence-corrected chi connectivity index (χ0v) is 21.6. The van der Waals surface area contributed by atoms with Crippen molar-refractivity contribution in [3.05, 3.63) is 83.7 Å². The van der Waals surface area contributed by atoms with Gasteiger partial charge in [-0.2, -0.15) is 5.10 Å². The number of rotatable bonds is 6. The average Bonchev–Trinajstić information content (AvgIpc) is 3.27. The van der Waals surface area contributed by atoms with Gasteiger partial charge in [-0.05, 0) is 53.5 Å². The molecular formula is C26H28FN5O4S. The lowest BCUT2D eigenvalue weighted by Crippen LogP contribution is -2.56. The van der Waals surface area contributed by atoms with Gasteiger partial charge in [-0.3, -0.25) is 19.4 Å². The second-order valence-electron chi connectivity index (χ2n) is 10.0. The molecule has 4 rings (SSSR count). The van der Waals surface area contributed by atoms with E-state index in [4.69, 9.17) is 0 Å². The fraction of sp³-hybridized carbons (Fsp3) is 0.269. The number of hydrogen-bond donors (Lipinski definition) is 4. The molecule has 2 amide bonds. The SMILES string of the molecule is CC(C)(C)c1ccc(C(=O)NC2C=CC(NS(C)(=O)=O)=CC2(F)C(=O)Nc2ccc3cn[nH]c3c2)cc1. The molecule has 1 aromatic heterocycles. The fourth-order valence-corrected chi connectivity index (χ4v) is 4.48. The molecule has 0 saturated carbocycles. The van der Waals surface area contributed by atoms with Crippen LogP contribution in [0.1, 0.15) is 36.7 Å². The summed E-state index contributed by atoms with van der Waals surface area (Å²) in [5.74, 6) is -1.67. The number of sulfonamides is 1. The predicted molar refractivity (Wildman–Crippen MR) is 140 cm³/mol. The van der Waals surface area contributed by atoms with E-state index in [1.54, 1.807) is 36.5 Å². The maximum absolute atomic E-state index is 16.5. The highest BCUT2D eigenvalue weighted by Crippen LogP contribution is 2.29. The van der Waals surface area contributed by atoms with Crippen LogP contribution in [0.4, 0.5) is 10.1 Å². The molecule has 194 valence electrons. The van der Waals surface area contributed by atoms with E-state index in [2.05, 4.69) is 25.6 Å². The molecule has 11 heteroatoms. The smallest absolute Gasteiger partial charge is 0.268 e. The Labute approximate surface area is 214 Å². The number of anilines is 1. The third kappa shape index (κ3) is 5.88. The van der Waals surface area contributed by atoms with Crippen molar-refractivity contribution in [3.8, 4) is 0 Å². The van der Waals surface area contributed by atoms with Gasteiger partial charge in [-0.25, -0.2) is 12.8 Å². The van der Waals surface area contributed by atoms with E-state index >= 15 is 4.39 Å². The third-order valence-corrected chi connectivity index (χ3v) is 6.54. The highest BCUT2D eigenvalue weighted by Gasteiger charge is 2.46. The number of halogens is 1. The quantitative estimate of drug-likeness (QED) is 0.392. The number of H-pyrrole nitrogens is 1. The topological polar surface area (TPSA) is 133 Å².